The van der Waals surface area contributed by atoms with Crippen molar-refractivity contribution in [3.8, 4) is 11.6 Å². The van der Waals surface area contributed by atoms with Gasteiger partial charge in [0.1, 0.15) is 11.3 Å². The van der Waals surface area contributed by atoms with Crippen molar-refractivity contribution < 1.29 is 31.3 Å². The highest BCUT2D eigenvalue weighted by atomic mass is 35.5. The third kappa shape index (κ3) is 5.57. The van der Waals surface area contributed by atoms with E-state index in [0.717, 1.165) is 19.1 Å². The second-order valence-corrected chi connectivity index (χ2v) is 9.95. The summed E-state index contributed by atoms with van der Waals surface area (Å²) in [5.74, 6) is -2.83. The third-order valence-electron chi connectivity index (χ3n) is 4.39. The molecule has 0 spiro atoms. The maximum Gasteiger partial charge on any atom is 0.435 e. The van der Waals surface area contributed by atoms with E-state index in [0.29, 0.717) is 0 Å². The Labute approximate surface area is 201 Å². The lowest BCUT2D eigenvalue weighted by atomic mass is 10.1. The van der Waals surface area contributed by atoms with Crippen molar-refractivity contribution in [3.05, 3.63) is 69.1 Å². The SMILES string of the molecule is Cc1c(C(F)(F)F)nnc(Oc2cc(Cl)c(F)c(Cl)c2)c1C(=O)Nc1cccc(S(C)(=N)=O)c1. The molecule has 180 valence electrons. The van der Waals surface area contributed by atoms with Gasteiger partial charge in [0.25, 0.3) is 11.8 Å². The number of anilines is 1. The minimum Gasteiger partial charge on any atom is -0.437 e. The summed E-state index contributed by atoms with van der Waals surface area (Å²) in [6.07, 6.45) is -3.75. The maximum atomic E-state index is 13.7. The minimum atomic E-state index is -4.92. The summed E-state index contributed by atoms with van der Waals surface area (Å²) in [6.45, 7) is 1.00. The molecule has 1 aromatic heterocycles. The zero-order chi connectivity index (χ0) is 25.4. The van der Waals surface area contributed by atoms with Gasteiger partial charge < -0.3 is 10.1 Å². The van der Waals surface area contributed by atoms with Gasteiger partial charge in [0.2, 0.25) is 0 Å². The number of hydrogen-bond acceptors (Lipinski definition) is 6. The summed E-state index contributed by atoms with van der Waals surface area (Å²) in [4.78, 5) is 13.1. The Bertz CT molecular complexity index is 1380. The number of benzene rings is 2. The van der Waals surface area contributed by atoms with Crippen LogP contribution in [0.2, 0.25) is 10.0 Å². The van der Waals surface area contributed by atoms with Crippen molar-refractivity contribution in [1.82, 2.24) is 10.2 Å². The van der Waals surface area contributed by atoms with Crippen LogP contribution in [0.1, 0.15) is 21.6 Å². The molecule has 2 N–H and O–H groups in total. The van der Waals surface area contributed by atoms with Crippen LogP contribution in [0.25, 0.3) is 0 Å². The first-order valence-corrected chi connectivity index (χ1v) is 11.8. The van der Waals surface area contributed by atoms with Crippen LogP contribution < -0.4 is 10.1 Å². The van der Waals surface area contributed by atoms with Crippen LogP contribution in [0.5, 0.6) is 11.6 Å². The molecule has 1 unspecified atom stereocenters. The number of halogens is 6. The molecule has 0 radical (unpaired) electrons. The number of rotatable bonds is 5. The van der Waals surface area contributed by atoms with Gasteiger partial charge in [0, 0.05) is 29.0 Å². The minimum absolute atomic E-state index is 0.0629. The lowest BCUT2D eigenvalue weighted by molar-refractivity contribution is -0.142. The second-order valence-electron chi connectivity index (χ2n) is 6.98. The normalized spacial score (nSPS) is 13.3. The number of amides is 1. The zero-order valence-corrected chi connectivity index (χ0v) is 19.6. The highest BCUT2D eigenvalue weighted by Gasteiger charge is 2.38. The van der Waals surface area contributed by atoms with Crippen molar-refractivity contribution in [3.63, 3.8) is 0 Å². The first-order valence-electron chi connectivity index (χ1n) is 9.10. The summed E-state index contributed by atoms with van der Waals surface area (Å²) in [5, 5.41) is 8.03. The van der Waals surface area contributed by atoms with Gasteiger partial charge in [0.15, 0.2) is 11.5 Å². The van der Waals surface area contributed by atoms with Crippen LogP contribution >= 0.6 is 23.2 Å². The van der Waals surface area contributed by atoms with Crippen molar-refractivity contribution in [2.24, 2.45) is 0 Å². The predicted molar refractivity (Wildman–Crippen MR) is 118 cm³/mol. The van der Waals surface area contributed by atoms with Crippen molar-refractivity contribution >= 4 is 44.5 Å². The highest BCUT2D eigenvalue weighted by molar-refractivity contribution is 7.91. The summed E-state index contributed by atoms with van der Waals surface area (Å²) in [6, 6.07) is 7.45. The molecule has 1 atom stereocenters. The predicted octanol–water partition coefficient (Wildman–Crippen LogP) is 6.33. The molecule has 0 fully saturated rings. The average molecular weight is 537 g/mol. The average Bonchev–Trinajstić information content (AvgIpc) is 2.70. The fraction of sp³-hybridized carbons (Fsp3) is 0.150. The molecule has 0 bridgehead atoms. The second kappa shape index (κ2) is 9.35. The van der Waals surface area contributed by atoms with Gasteiger partial charge in [-0.25, -0.2) is 13.4 Å². The topological polar surface area (TPSA) is 105 Å². The number of carbonyl (C=O) groups is 1. The lowest BCUT2D eigenvalue weighted by Crippen LogP contribution is -2.21. The fourth-order valence-corrected chi connectivity index (χ4v) is 3.98. The Morgan fingerprint density at radius 1 is 1.15 bits per heavy atom. The van der Waals surface area contributed by atoms with Crippen molar-refractivity contribution in [2.75, 3.05) is 11.6 Å². The molecule has 1 heterocycles. The summed E-state index contributed by atoms with van der Waals surface area (Å²) in [5.41, 5.74) is -2.57. The Kier molecular flexibility index (Phi) is 7.06. The molecule has 0 aliphatic rings. The van der Waals surface area contributed by atoms with E-state index in [2.05, 4.69) is 15.5 Å². The molecule has 34 heavy (non-hydrogen) atoms. The molecule has 1 amide bonds. The molecule has 7 nitrogen and oxygen atoms in total. The van der Waals surface area contributed by atoms with Crippen molar-refractivity contribution in [1.29, 1.82) is 4.78 Å². The van der Waals surface area contributed by atoms with E-state index in [1.165, 1.54) is 30.5 Å². The molecule has 0 aliphatic carbocycles. The lowest BCUT2D eigenvalue weighted by Gasteiger charge is -2.16. The Morgan fingerprint density at radius 2 is 1.76 bits per heavy atom. The Balaban J connectivity index is 2.09. The smallest absolute Gasteiger partial charge is 0.435 e. The largest absolute Gasteiger partial charge is 0.437 e. The van der Waals surface area contributed by atoms with Crippen LogP contribution in [-0.4, -0.2) is 26.6 Å². The summed E-state index contributed by atoms with van der Waals surface area (Å²) < 4.78 is 79.0. The molecule has 3 aromatic rings. The molecule has 0 saturated carbocycles. The first-order chi connectivity index (χ1) is 15.7. The number of ether oxygens (including phenoxy) is 1. The Morgan fingerprint density at radius 3 is 2.32 bits per heavy atom. The molecule has 0 saturated heterocycles. The van der Waals surface area contributed by atoms with E-state index in [1.807, 2.05) is 0 Å². The first kappa shape index (κ1) is 25.7. The van der Waals surface area contributed by atoms with Gasteiger partial charge in [-0.15, -0.1) is 10.2 Å². The number of hydrogen-bond donors (Lipinski definition) is 2. The van der Waals surface area contributed by atoms with Gasteiger partial charge in [-0.2, -0.15) is 13.2 Å². The number of nitrogens with zero attached hydrogens (tertiary/aromatic N) is 2. The van der Waals surface area contributed by atoms with Crippen LogP contribution in [0.3, 0.4) is 0 Å². The van der Waals surface area contributed by atoms with E-state index in [9.17, 15) is 26.6 Å². The molecule has 14 heteroatoms. The van der Waals surface area contributed by atoms with Crippen LogP contribution in [0.15, 0.2) is 41.3 Å². The number of nitrogens with one attached hydrogen (secondary N) is 2. The monoisotopic (exact) mass is 536 g/mol. The third-order valence-corrected chi connectivity index (χ3v) is 6.10. The molecule has 2 aromatic carbocycles. The van der Waals surface area contributed by atoms with Crippen molar-refractivity contribution in [2.45, 2.75) is 18.0 Å². The van der Waals surface area contributed by atoms with Gasteiger partial charge >= 0.3 is 6.18 Å². The van der Waals surface area contributed by atoms with Crippen LogP contribution in [0.4, 0.5) is 23.2 Å². The number of alkyl halides is 3. The molecular formula is C20H14Cl2F4N4O3S. The van der Waals surface area contributed by atoms with E-state index < -0.39 is 60.4 Å². The highest BCUT2D eigenvalue weighted by Crippen LogP contribution is 2.36. The fourth-order valence-electron chi connectivity index (χ4n) is 2.82. The molecular weight excluding hydrogens is 523 g/mol. The summed E-state index contributed by atoms with van der Waals surface area (Å²) in [7, 11) is -3.12. The van der Waals surface area contributed by atoms with Crippen LogP contribution in [0, 0.1) is 17.5 Å². The zero-order valence-electron chi connectivity index (χ0n) is 17.3. The quantitative estimate of drug-likeness (QED) is 0.292. The summed E-state index contributed by atoms with van der Waals surface area (Å²) >= 11 is 11.4. The van der Waals surface area contributed by atoms with Crippen LogP contribution in [-0.2, 0) is 15.9 Å². The number of aromatic nitrogens is 2. The molecule has 3 rings (SSSR count). The van der Waals surface area contributed by atoms with Gasteiger partial charge in [-0.1, -0.05) is 29.3 Å². The van der Waals surface area contributed by atoms with E-state index in [4.69, 9.17) is 32.7 Å². The Hall–Kier alpha value is -2.96. The van der Waals surface area contributed by atoms with Gasteiger partial charge in [-0.3, -0.25) is 4.79 Å². The van der Waals surface area contributed by atoms with Gasteiger partial charge in [-0.05, 0) is 30.7 Å². The van der Waals surface area contributed by atoms with Gasteiger partial charge in [0.05, 0.1) is 19.8 Å². The van der Waals surface area contributed by atoms with E-state index in [-0.39, 0.29) is 16.3 Å². The van der Waals surface area contributed by atoms with E-state index in [1.54, 1.807) is 0 Å². The van der Waals surface area contributed by atoms with E-state index >= 15 is 0 Å². The standard InChI is InChI=1S/C20H14Cl2F4N4O3S/c1-9-15(18(31)28-10-4-3-5-12(6-10)34(2,27)32)19(30-29-17(9)20(24,25)26)33-11-7-13(21)16(23)14(22)8-11/h3-8,27H,1-2H3,(H,28,31). The maximum absolute atomic E-state index is 13.7. The molecule has 0 aliphatic heterocycles. The number of carbonyl (C=O) groups excluding carboxylic acids is 1.